The van der Waals surface area contributed by atoms with Gasteiger partial charge in [-0.2, -0.15) is 0 Å². The number of ether oxygens (including phenoxy) is 1. The van der Waals surface area contributed by atoms with E-state index >= 15 is 0 Å². The monoisotopic (exact) mass is 240 g/mol. The first kappa shape index (κ1) is 14.1. The smallest absolute Gasteiger partial charge is 0.123 e. The average molecular weight is 240 g/mol. The molecule has 17 heavy (non-hydrogen) atoms. The predicted octanol–water partition coefficient (Wildman–Crippen LogP) is 3.37. The molecule has 0 aromatic heterocycles. The largest absolute Gasteiger partial charge is 0.385 e. The van der Waals surface area contributed by atoms with Gasteiger partial charge in [0.2, 0.25) is 0 Å². The van der Waals surface area contributed by atoms with Crippen LogP contribution in [-0.2, 0) is 4.74 Å². The van der Waals surface area contributed by atoms with Crippen LogP contribution in [0.15, 0.2) is 18.2 Å². The summed E-state index contributed by atoms with van der Waals surface area (Å²) in [6.45, 7) is 8.09. The van der Waals surface area contributed by atoms with Crippen LogP contribution in [0, 0.1) is 12.7 Å². The second kappa shape index (κ2) is 5.61. The molecule has 1 rings (SSSR count). The summed E-state index contributed by atoms with van der Waals surface area (Å²) in [4.78, 5) is 0. The van der Waals surface area contributed by atoms with Gasteiger partial charge < -0.3 is 9.84 Å². The van der Waals surface area contributed by atoms with Gasteiger partial charge in [0, 0.05) is 6.61 Å². The molecule has 0 aliphatic carbocycles. The number of aryl methyl sites for hydroxylation is 1. The molecule has 0 amide bonds. The van der Waals surface area contributed by atoms with Crippen LogP contribution in [0.4, 0.5) is 4.39 Å². The van der Waals surface area contributed by atoms with Crippen molar-refractivity contribution in [3.63, 3.8) is 0 Å². The minimum absolute atomic E-state index is 0.284. The summed E-state index contributed by atoms with van der Waals surface area (Å²) in [5.74, 6) is -0.284. The molecule has 0 spiro atoms. The third-order valence-corrected chi connectivity index (χ3v) is 3.28. The zero-order chi connectivity index (χ0) is 13.1. The van der Waals surface area contributed by atoms with Gasteiger partial charge in [-0.3, -0.25) is 0 Å². The Morgan fingerprint density at radius 2 is 2.06 bits per heavy atom. The quantitative estimate of drug-likeness (QED) is 0.855. The third-order valence-electron chi connectivity index (χ3n) is 3.28. The summed E-state index contributed by atoms with van der Waals surface area (Å²) in [6, 6.07) is 4.43. The molecule has 2 atom stereocenters. The second-order valence-electron chi connectivity index (χ2n) is 4.50. The number of rotatable bonds is 5. The van der Waals surface area contributed by atoms with Crippen LogP contribution >= 0.6 is 0 Å². The molecule has 1 aromatic rings. The molecule has 96 valence electrons. The first-order chi connectivity index (χ1) is 7.94. The van der Waals surface area contributed by atoms with E-state index in [1.165, 1.54) is 12.1 Å². The summed E-state index contributed by atoms with van der Waals surface area (Å²) < 4.78 is 18.7. The first-order valence-corrected chi connectivity index (χ1v) is 6.02. The first-order valence-electron chi connectivity index (χ1n) is 6.02. The van der Waals surface area contributed by atoms with Gasteiger partial charge >= 0.3 is 0 Å². The predicted molar refractivity (Wildman–Crippen MR) is 66.4 cm³/mol. The molecule has 0 saturated heterocycles. The van der Waals surface area contributed by atoms with Crippen LogP contribution in [-0.4, -0.2) is 17.3 Å². The molecular weight excluding hydrogens is 219 g/mol. The molecule has 2 unspecified atom stereocenters. The van der Waals surface area contributed by atoms with E-state index in [1.54, 1.807) is 13.0 Å². The minimum Gasteiger partial charge on any atom is -0.385 e. The van der Waals surface area contributed by atoms with E-state index in [4.69, 9.17) is 4.74 Å². The van der Waals surface area contributed by atoms with Crippen molar-refractivity contribution in [3.05, 3.63) is 35.1 Å². The van der Waals surface area contributed by atoms with Crippen LogP contribution in [0.1, 0.15) is 44.4 Å². The second-order valence-corrected chi connectivity index (χ2v) is 4.50. The molecule has 0 aliphatic heterocycles. The van der Waals surface area contributed by atoms with Crippen molar-refractivity contribution in [1.29, 1.82) is 0 Å². The van der Waals surface area contributed by atoms with Crippen molar-refractivity contribution in [2.45, 2.75) is 45.8 Å². The van der Waals surface area contributed by atoms with E-state index < -0.39 is 11.7 Å². The molecule has 1 aromatic carbocycles. The highest BCUT2D eigenvalue weighted by Gasteiger charge is 2.33. The lowest BCUT2D eigenvalue weighted by Crippen LogP contribution is -2.36. The summed E-state index contributed by atoms with van der Waals surface area (Å²) >= 11 is 0. The normalized spacial score (nSPS) is 16.6. The average Bonchev–Trinajstić information content (AvgIpc) is 2.28. The zero-order valence-electron chi connectivity index (χ0n) is 11.0. The molecule has 0 radical (unpaired) electrons. The van der Waals surface area contributed by atoms with E-state index in [0.717, 1.165) is 11.1 Å². The minimum atomic E-state index is -0.743. The van der Waals surface area contributed by atoms with Gasteiger partial charge in [-0.05, 0) is 50.5 Å². The number of hydrogen-bond acceptors (Lipinski definition) is 2. The van der Waals surface area contributed by atoms with Crippen LogP contribution in [0.3, 0.4) is 0 Å². The Hall–Kier alpha value is -0.930. The van der Waals surface area contributed by atoms with Gasteiger partial charge in [-0.1, -0.05) is 13.0 Å². The molecular formula is C14H21FO2. The fourth-order valence-electron chi connectivity index (χ4n) is 1.98. The standard InChI is InChI=1S/C14H21FO2/c1-5-14(4,17-6-2)13(16)12-8-7-11(15)9-10(12)3/h7-9,13,16H,5-6H2,1-4H3. The van der Waals surface area contributed by atoms with Gasteiger partial charge in [0.25, 0.3) is 0 Å². The Kier molecular flexibility index (Phi) is 4.66. The van der Waals surface area contributed by atoms with Gasteiger partial charge in [-0.15, -0.1) is 0 Å². The SMILES string of the molecule is CCOC(C)(CC)C(O)c1ccc(F)cc1C. The lowest BCUT2D eigenvalue weighted by Gasteiger charge is -2.34. The van der Waals surface area contributed by atoms with Crippen molar-refractivity contribution in [3.8, 4) is 0 Å². The van der Waals surface area contributed by atoms with Gasteiger partial charge in [0.15, 0.2) is 0 Å². The lowest BCUT2D eigenvalue weighted by atomic mass is 9.88. The maximum Gasteiger partial charge on any atom is 0.123 e. The highest BCUT2D eigenvalue weighted by Crippen LogP contribution is 2.33. The van der Waals surface area contributed by atoms with Gasteiger partial charge in [0.1, 0.15) is 11.9 Å². The number of hydrogen-bond donors (Lipinski definition) is 1. The number of benzene rings is 1. The number of aliphatic hydroxyl groups is 1. The Morgan fingerprint density at radius 1 is 1.41 bits per heavy atom. The number of halogens is 1. The van der Waals surface area contributed by atoms with Gasteiger partial charge in [0.05, 0.1) is 5.60 Å². The molecule has 3 heteroatoms. The topological polar surface area (TPSA) is 29.5 Å². The lowest BCUT2D eigenvalue weighted by molar-refractivity contribution is -0.113. The molecule has 1 N–H and O–H groups in total. The van der Waals surface area contributed by atoms with Crippen molar-refractivity contribution in [2.24, 2.45) is 0 Å². The van der Waals surface area contributed by atoms with Gasteiger partial charge in [-0.25, -0.2) is 4.39 Å². The fourth-order valence-corrected chi connectivity index (χ4v) is 1.98. The molecule has 0 fully saturated rings. The van der Waals surface area contributed by atoms with Crippen LogP contribution in [0.2, 0.25) is 0 Å². The molecule has 0 saturated carbocycles. The van der Waals surface area contributed by atoms with E-state index in [1.807, 2.05) is 20.8 Å². The van der Waals surface area contributed by atoms with E-state index in [9.17, 15) is 9.50 Å². The van der Waals surface area contributed by atoms with Crippen LogP contribution in [0.25, 0.3) is 0 Å². The summed E-state index contributed by atoms with van der Waals surface area (Å²) in [5.41, 5.74) is 0.846. The molecule has 0 bridgehead atoms. The number of aliphatic hydroxyl groups excluding tert-OH is 1. The zero-order valence-corrected chi connectivity index (χ0v) is 11.0. The van der Waals surface area contributed by atoms with Crippen molar-refractivity contribution in [1.82, 2.24) is 0 Å². The molecule has 2 nitrogen and oxygen atoms in total. The maximum absolute atomic E-state index is 13.0. The molecule has 0 heterocycles. The maximum atomic E-state index is 13.0. The summed E-state index contributed by atoms with van der Waals surface area (Å²) in [6.07, 6.45) is -0.0493. The van der Waals surface area contributed by atoms with E-state index in [0.29, 0.717) is 13.0 Å². The highest BCUT2D eigenvalue weighted by molar-refractivity contribution is 5.30. The van der Waals surface area contributed by atoms with Crippen LogP contribution < -0.4 is 0 Å². The Morgan fingerprint density at radius 3 is 2.53 bits per heavy atom. The summed E-state index contributed by atoms with van der Waals surface area (Å²) in [5, 5.41) is 10.4. The highest BCUT2D eigenvalue weighted by atomic mass is 19.1. The van der Waals surface area contributed by atoms with Crippen molar-refractivity contribution >= 4 is 0 Å². The Bertz CT molecular complexity index is 378. The third kappa shape index (κ3) is 3.05. The van der Waals surface area contributed by atoms with Crippen molar-refractivity contribution in [2.75, 3.05) is 6.61 Å². The van der Waals surface area contributed by atoms with E-state index in [2.05, 4.69) is 0 Å². The van der Waals surface area contributed by atoms with E-state index in [-0.39, 0.29) is 5.82 Å². The fraction of sp³-hybridized carbons (Fsp3) is 0.571. The Labute approximate surface area is 102 Å². The molecule has 0 aliphatic rings. The van der Waals surface area contributed by atoms with Crippen LogP contribution in [0.5, 0.6) is 0 Å². The van der Waals surface area contributed by atoms with Crippen molar-refractivity contribution < 1.29 is 14.2 Å². The Balaban J connectivity index is 3.05. The summed E-state index contributed by atoms with van der Waals surface area (Å²) in [7, 11) is 0.